The van der Waals surface area contributed by atoms with Crippen LogP contribution < -0.4 is 15.5 Å². The van der Waals surface area contributed by atoms with E-state index in [1.165, 1.54) is 17.4 Å². The zero-order valence-electron chi connectivity index (χ0n) is 20.6. The summed E-state index contributed by atoms with van der Waals surface area (Å²) in [6.07, 6.45) is 2.45. The van der Waals surface area contributed by atoms with Gasteiger partial charge in [0.1, 0.15) is 17.4 Å². The van der Waals surface area contributed by atoms with Crippen LogP contribution in [0.1, 0.15) is 31.9 Å². The quantitative estimate of drug-likeness (QED) is 0.400. The predicted molar refractivity (Wildman–Crippen MR) is 141 cm³/mol. The molecule has 8 nitrogen and oxygen atoms in total. The molecule has 0 bridgehead atoms. The molecule has 1 saturated heterocycles. The fraction of sp³-hybridized carbons (Fsp3) is 0.370. The number of nitrogens with zero attached hydrogens (tertiary/aromatic N) is 5. The van der Waals surface area contributed by atoms with Crippen molar-refractivity contribution in [1.82, 2.24) is 14.9 Å². The fourth-order valence-electron chi connectivity index (χ4n) is 4.25. The van der Waals surface area contributed by atoms with Crippen LogP contribution in [0.4, 0.5) is 28.8 Å². The van der Waals surface area contributed by atoms with Crippen LogP contribution in [-0.4, -0.2) is 52.7 Å². The minimum Gasteiger partial charge on any atom is -0.508 e. The van der Waals surface area contributed by atoms with Gasteiger partial charge in [-0.15, -0.1) is 0 Å². The first-order valence-electron chi connectivity index (χ1n) is 12.2. The molecule has 182 valence electrons. The number of aromatic hydroxyl groups is 1. The smallest absolute Gasteiger partial charge is 0.229 e. The maximum Gasteiger partial charge on any atom is 0.229 e. The monoisotopic (exact) mass is 471 g/mol. The van der Waals surface area contributed by atoms with Crippen LogP contribution in [0.15, 0.2) is 48.7 Å². The van der Waals surface area contributed by atoms with Crippen molar-refractivity contribution >= 4 is 28.8 Å². The lowest BCUT2D eigenvalue weighted by atomic mass is 10.00. The third-order valence-corrected chi connectivity index (χ3v) is 6.19. The number of aromatic nitrogens is 2. The summed E-state index contributed by atoms with van der Waals surface area (Å²) in [5, 5.41) is 25.6. The number of phenols is 1. The Morgan fingerprint density at radius 3 is 2.46 bits per heavy atom. The normalized spacial score (nSPS) is 14.1. The van der Waals surface area contributed by atoms with Crippen LogP contribution in [-0.2, 0) is 6.42 Å². The van der Waals surface area contributed by atoms with E-state index in [4.69, 9.17) is 0 Å². The summed E-state index contributed by atoms with van der Waals surface area (Å²) in [4.78, 5) is 13.9. The van der Waals surface area contributed by atoms with E-state index in [0.29, 0.717) is 23.2 Å². The summed E-state index contributed by atoms with van der Waals surface area (Å²) < 4.78 is 0. The van der Waals surface area contributed by atoms with Gasteiger partial charge in [0.05, 0.1) is 6.20 Å². The second kappa shape index (κ2) is 11.1. The van der Waals surface area contributed by atoms with Gasteiger partial charge in [-0.1, -0.05) is 20.8 Å². The van der Waals surface area contributed by atoms with E-state index >= 15 is 0 Å². The summed E-state index contributed by atoms with van der Waals surface area (Å²) in [7, 11) is 0. The van der Waals surface area contributed by atoms with E-state index < -0.39 is 0 Å². The molecule has 3 N–H and O–H groups in total. The molecular weight excluding hydrogens is 438 g/mol. The van der Waals surface area contributed by atoms with Gasteiger partial charge in [0.15, 0.2) is 5.82 Å². The van der Waals surface area contributed by atoms with Crippen molar-refractivity contribution in [1.29, 1.82) is 5.26 Å². The number of phenolic OH excluding ortho intramolecular Hbond substituents is 1. The van der Waals surface area contributed by atoms with E-state index in [0.717, 1.165) is 50.5 Å². The van der Waals surface area contributed by atoms with E-state index in [9.17, 15) is 10.4 Å². The number of likely N-dealkylation sites (N-methyl/N-ethyl adjacent to an activating group) is 1. The summed E-state index contributed by atoms with van der Waals surface area (Å²) >= 11 is 0. The average molecular weight is 472 g/mol. The van der Waals surface area contributed by atoms with Gasteiger partial charge in [-0.05, 0) is 66.9 Å². The topological polar surface area (TPSA) is 100 Å². The number of nitriles is 1. The van der Waals surface area contributed by atoms with Crippen molar-refractivity contribution in [2.45, 2.75) is 27.2 Å². The van der Waals surface area contributed by atoms with Crippen LogP contribution >= 0.6 is 0 Å². The van der Waals surface area contributed by atoms with Crippen LogP contribution in [0.5, 0.6) is 5.75 Å². The van der Waals surface area contributed by atoms with Crippen molar-refractivity contribution in [3.8, 4) is 11.8 Å². The standard InChI is InChI=1S/C27H33N7O/c1-4-33-11-13-34(14-12-33)23-7-10-25(20(16-23)15-19(2)3)31-27-29-18-21(17-28)26(32-27)30-22-5-8-24(35)9-6-22/h5-10,16,18-19,35H,4,11-15H2,1-3H3,(H2,29,30,31,32). The molecular formula is C27H33N7O. The highest BCUT2D eigenvalue weighted by Gasteiger charge is 2.18. The molecule has 0 saturated carbocycles. The molecule has 35 heavy (non-hydrogen) atoms. The molecule has 0 radical (unpaired) electrons. The van der Waals surface area contributed by atoms with Crippen molar-refractivity contribution in [3.05, 3.63) is 59.8 Å². The van der Waals surface area contributed by atoms with Gasteiger partial charge in [0.25, 0.3) is 0 Å². The van der Waals surface area contributed by atoms with Crippen LogP contribution in [0.25, 0.3) is 0 Å². The van der Waals surface area contributed by atoms with E-state index in [2.05, 4.69) is 75.4 Å². The number of anilines is 5. The van der Waals surface area contributed by atoms with E-state index in [1.807, 2.05) is 0 Å². The van der Waals surface area contributed by atoms with Gasteiger partial charge >= 0.3 is 0 Å². The molecule has 0 amide bonds. The highest BCUT2D eigenvalue weighted by molar-refractivity contribution is 5.68. The lowest BCUT2D eigenvalue weighted by Crippen LogP contribution is -2.46. The fourth-order valence-corrected chi connectivity index (χ4v) is 4.25. The molecule has 0 aliphatic carbocycles. The molecule has 1 fully saturated rings. The SMILES string of the molecule is CCN1CCN(c2ccc(Nc3ncc(C#N)c(Nc4ccc(O)cc4)n3)c(CC(C)C)c2)CC1. The Morgan fingerprint density at radius 2 is 1.80 bits per heavy atom. The Hall–Kier alpha value is -3.83. The largest absolute Gasteiger partial charge is 0.508 e. The van der Waals surface area contributed by atoms with Gasteiger partial charge in [-0.25, -0.2) is 4.98 Å². The molecule has 0 spiro atoms. The Morgan fingerprint density at radius 1 is 1.06 bits per heavy atom. The molecule has 0 unspecified atom stereocenters. The van der Waals surface area contributed by atoms with Crippen LogP contribution in [0.2, 0.25) is 0 Å². The maximum atomic E-state index is 9.52. The Labute approximate surface area is 207 Å². The molecule has 2 aromatic carbocycles. The zero-order valence-corrected chi connectivity index (χ0v) is 20.6. The third-order valence-electron chi connectivity index (χ3n) is 6.19. The van der Waals surface area contributed by atoms with Gasteiger partial charge < -0.3 is 25.5 Å². The molecule has 3 aromatic rings. The number of benzene rings is 2. The molecule has 0 atom stereocenters. The summed E-state index contributed by atoms with van der Waals surface area (Å²) in [6, 6.07) is 15.3. The minimum absolute atomic E-state index is 0.175. The Bertz CT molecular complexity index is 1180. The molecule has 1 aromatic heterocycles. The lowest BCUT2D eigenvalue weighted by Gasteiger charge is -2.36. The van der Waals surface area contributed by atoms with Gasteiger partial charge in [0, 0.05) is 43.2 Å². The second-order valence-electron chi connectivity index (χ2n) is 9.23. The summed E-state index contributed by atoms with van der Waals surface area (Å²) in [6.45, 7) is 12.0. The highest BCUT2D eigenvalue weighted by atomic mass is 16.3. The van der Waals surface area contributed by atoms with Crippen LogP contribution in [0, 0.1) is 17.2 Å². The summed E-state index contributed by atoms with van der Waals surface area (Å²) in [5.41, 5.74) is 4.49. The first-order valence-corrected chi connectivity index (χ1v) is 12.2. The minimum atomic E-state index is 0.175. The lowest BCUT2D eigenvalue weighted by molar-refractivity contribution is 0.271. The molecule has 8 heteroatoms. The Kier molecular flexibility index (Phi) is 7.68. The van der Waals surface area contributed by atoms with Crippen molar-refractivity contribution < 1.29 is 5.11 Å². The average Bonchev–Trinajstić information content (AvgIpc) is 2.86. The number of hydrogen-bond donors (Lipinski definition) is 3. The first-order chi connectivity index (χ1) is 16.9. The van der Waals surface area contributed by atoms with Gasteiger partial charge in [0.2, 0.25) is 5.95 Å². The predicted octanol–water partition coefficient (Wildman–Crippen LogP) is 4.88. The van der Waals surface area contributed by atoms with Gasteiger partial charge in [-0.2, -0.15) is 10.2 Å². The molecule has 2 heterocycles. The molecule has 1 aliphatic rings. The third kappa shape index (κ3) is 6.19. The second-order valence-corrected chi connectivity index (χ2v) is 9.23. The van der Waals surface area contributed by atoms with Gasteiger partial charge in [-0.3, -0.25) is 0 Å². The van der Waals surface area contributed by atoms with Crippen LogP contribution in [0.3, 0.4) is 0 Å². The Balaban J connectivity index is 1.57. The highest BCUT2D eigenvalue weighted by Crippen LogP contribution is 2.29. The van der Waals surface area contributed by atoms with E-state index in [-0.39, 0.29) is 5.75 Å². The molecule has 4 rings (SSSR count). The maximum absolute atomic E-state index is 9.52. The van der Waals surface area contributed by atoms with Crippen molar-refractivity contribution in [3.63, 3.8) is 0 Å². The number of piperazine rings is 1. The molecule has 1 aliphatic heterocycles. The number of hydrogen-bond acceptors (Lipinski definition) is 8. The van der Waals surface area contributed by atoms with Crippen molar-refractivity contribution in [2.75, 3.05) is 48.3 Å². The zero-order chi connectivity index (χ0) is 24.8. The van der Waals surface area contributed by atoms with Crippen molar-refractivity contribution in [2.24, 2.45) is 5.92 Å². The number of nitrogens with one attached hydrogen (secondary N) is 2. The summed E-state index contributed by atoms with van der Waals surface area (Å²) in [5.74, 6) is 1.50. The first kappa shape index (κ1) is 24.3. The van der Waals surface area contributed by atoms with E-state index in [1.54, 1.807) is 24.3 Å². The number of rotatable bonds is 8.